The van der Waals surface area contributed by atoms with Crippen molar-refractivity contribution in [1.29, 1.82) is 0 Å². The van der Waals surface area contributed by atoms with E-state index in [4.69, 9.17) is 18.6 Å². The van der Waals surface area contributed by atoms with Gasteiger partial charge in [0.15, 0.2) is 8.32 Å². The van der Waals surface area contributed by atoms with E-state index in [0.29, 0.717) is 42.2 Å². The summed E-state index contributed by atoms with van der Waals surface area (Å²) in [5.41, 5.74) is 3.44. The van der Waals surface area contributed by atoms with Crippen molar-refractivity contribution in [2.24, 2.45) is 0 Å². The number of aromatic nitrogens is 2. The van der Waals surface area contributed by atoms with E-state index in [0.717, 1.165) is 44.2 Å². The molecule has 1 aromatic heterocycles. The van der Waals surface area contributed by atoms with Gasteiger partial charge in [0.05, 0.1) is 51.3 Å². The highest BCUT2D eigenvalue weighted by Crippen LogP contribution is 2.37. The van der Waals surface area contributed by atoms with E-state index in [9.17, 15) is 4.79 Å². The number of carbonyl (C=O) groups excluding carboxylic acids is 1. The predicted molar refractivity (Wildman–Crippen MR) is 169 cm³/mol. The number of methoxy groups -OCH3 is 2. The molecule has 0 atom stereocenters. The Kier molecular flexibility index (Phi) is 10.4. The number of hydrogen-bond acceptors (Lipinski definition) is 9. The lowest BCUT2D eigenvalue weighted by Crippen LogP contribution is -2.42. The molecule has 2 aromatic carbocycles. The van der Waals surface area contributed by atoms with Crippen molar-refractivity contribution in [2.75, 3.05) is 71.7 Å². The number of morpholine rings is 1. The van der Waals surface area contributed by atoms with E-state index >= 15 is 0 Å². The number of fused-ring (bicyclic) bond motifs is 1. The molecule has 1 aliphatic heterocycles. The Morgan fingerprint density at radius 1 is 1.02 bits per heavy atom. The SMILES string of the molecule is COc1cc(OC)cc(N(CCO[Si](C)(C)C(C)(C)C)c2ccc3ncc(C(=O)NCCN4CCOCC4)nc3c2)c1. The zero-order valence-corrected chi connectivity index (χ0v) is 27.0. The fraction of sp³-hybridized carbons (Fsp3) is 0.516. The number of benzene rings is 2. The van der Waals surface area contributed by atoms with Crippen LogP contribution in [0.15, 0.2) is 42.6 Å². The van der Waals surface area contributed by atoms with Gasteiger partial charge in [0.1, 0.15) is 17.2 Å². The van der Waals surface area contributed by atoms with Crippen molar-refractivity contribution < 1.29 is 23.4 Å². The normalized spacial score (nSPS) is 14.5. The second kappa shape index (κ2) is 13.8. The topological polar surface area (TPSA) is 98.3 Å². The summed E-state index contributed by atoms with van der Waals surface area (Å²) in [6.45, 7) is 16.9. The summed E-state index contributed by atoms with van der Waals surface area (Å²) < 4.78 is 23.1. The van der Waals surface area contributed by atoms with Gasteiger partial charge in [0, 0.05) is 62.3 Å². The fourth-order valence-electron chi connectivity index (χ4n) is 4.48. The monoisotopic (exact) mass is 595 g/mol. The summed E-state index contributed by atoms with van der Waals surface area (Å²) in [7, 11) is 1.34. The molecule has 11 heteroatoms. The average molecular weight is 596 g/mol. The summed E-state index contributed by atoms with van der Waals surface area (Å²) in [6.07, 6.45) is 1.53. The molecule has 1 fully saturated rings. The van der Waals surface area contributed by atoms with E-state index in [2.05, 4.69) is 58.9 Å². The molecule has 1 aliphatic rings. The Morgan fingerprint density at radius 3 is 2.36 bits per heavy atom. The number of amides is 1. The maximum atomic E-state index is 12.9. The summed E-state index contributed by atoms with van der Waals surface area (Å²) in [5, 5.41) is 3.08. The lowest BCUT2D eigenvalue weighted by molar-refractivity contribution is 0.0383. The number of ether oxygens (including phenoxy) is 3. The molecule has 0 saturated carbocycles. The maximum absolute atomic E-state index is 12.9. The molecular weight excluding hydrogens is 550 g/mol. The molecule has 4 rings (SSSR count). The van der Waals surface area contributed by atoms with Crippen molar-refractivity contribution in [3.8, 4) is 11.5 Å². The second-order valence-electron chi connectivity index (χ2n) is 12.0. The van der Waals surface area contributed by atoms with Gasteiger partial charge >= 0.3 is 0 Å². The first-order valence-electron chi connectivity index (χ1n) is 14.5. The average Bonchev–Trinajstić information content (AvgIpc) is 2.98. The zero-order chi connectivity index (χ0) is 30.3. The lowest BCUT2D eigenvalue weighted by atomic mass is 10.2. The number of rotatable bonds is 12. The molecule has 42 heavy (non-hydrogen) atoms. The molecule has 2 heterocycles. The van der Waals surface area contributed by atoms with Gasteiger partial charge in [-0.25, -0.2) is 4.98 Å². The quantitative estimate of drug-likeness (QED) is 0.294. The Morgan fingerprint density at radius 2 is 1.71 bits per heavy atom. The van der Waals surface area contributed by atoms with E-state index in [1.165, 1.54) is 6.20 Å². The molecule has 1 amide bonds. The van der Waals surface area contributed by atoms with Crippen molar-refractivity contribution in [2.45, 2.75) is 38.9 Å². The van der Waals surface area contributed by atoms with Gasteiger partial charge in [0.25, 0.3) is 5.91 Å². The Bertz CT molecular complexity index is 1340. The minimum Gasteiger partial charge on any atom is -0.497 e. The van der Waals surface area contributed by atoms with Crippen LogP contribution >= 0.6 is 0 Å². The molecular formula is C31H45N5O5Si. The van der Waals surface area contributed by atoms with E-state index in [1.54, 1.807) is 14.2 Å². The molecule has 0 bridgehead atoms. The second-order valence-corrected chi connectivity index (χ2v) is 16.8. The van der Waals surface area contributed by atoms with Gasteiger partial charge in [-0.2, -0.15) is 0 Å². The molecule has 1 N–H and O–H groups in total. The zero-order valence-electron chi connectivity index (χ0n) is 26.0. The summed E-state index contributed by atoms with van der Waals surface area (Å²) in [4.78, 5) is 26.6. The highest BCUT2D eigenvalue weighted by molar-refractivity contribution is 6.74. The molecule has 0 unspecified atom stereocenters. The number of carbonyl (C=O) groups is 1. The van der Waals surface area contributed by atoms with Gasteiger partial charge < -0.3 is 28.9 Å². The third-order valence-corrected chi connectivity index (χ3v) is 12.7. The third kappa shape index (κ3) is 7.97. The van der Waals surface area contributed by atoms with Crippen LogP contribution in [0.4, 0.5) is 11.4 Å². The van der Waals surface area contributed by atoms with Gasteiger partial charge in [-0.3, -0.25) is 14.7 Å². The van der Waals surface area contributed by atoms with Crippen LogP contribution in [-0.2, 0) is 9.16 Å². The Labute approximate surface area is 250 Å². The predicted octanol–water partition coefficient (Wildman–Crippen LogP) is 4.87. The van der Waals surface area contributed by atoms with Crippen molar-refractivity contribution in [3.63, 3.8) is 0 Å². The van der Waals surface area contributed by atoms with E-state index in [1.807, 2.05) is 36.4 Å². The van der Waals surface area contributed by atoms with Crippen molar-refractivity contribution in [1.82, 2.24) is 20.2 Å². The molecule has 228 valence electrons. The fourth-order valence-corrected chi connectivity index (χ4v) is 5.52. The molecule has 0 aliphatic carbocycles. The molecule has 0 spiro atoms. The van der Waals surface area contributed by atoms with Gasteiger partial charge in [-0.1, -0.05) is 20.8 Å². The lowest BCUT2D eigenvalue weighted by Gasteiger charge is -2.37. The molecule has 10 nitrogen and oxygen atoms in total. The number of nitrogens with one attached hydrogen (secondary N) is 1. The van der Waals surface area contributed by atoms with Crippen LogP contribution < -0.4 is 19.7 Å². The van der Waals surface area contributed by atoms with Crippen LogP contribution in [0.2, 0.25) is 18.1 Å². The van der Waals surface area contributed by atoms with Gasteiger partial charge in [-0.05, 0) is 36.3 Å². The van der Waals surface area contributed by atoms with Crippen molar-refractivity contribution >= 4 is 36.6 Å². The molecule has 3 aromatic rings. The Hall–Kier alpha value is -3.25. The summed E-state index contributed by atoms with van der Waals surface area (Å²) >= 11 is 0. The van der Waals surface area contributed by atoms with Crippen LogP contribution in [0.1, 0.15) is 31.3 Å². The smallest absolute Gasteiger partial charge is 0.271 e. The van der Waals surface area contributed by atoms with E-state index in [-0.39, 0.29) is 16.6 Å². The van der Waals surface area contributed by atoms with Crippen LogP contribution in [0, 0.1) is 0 Å². The highest BCUT2D eigenvalue weighted by atomic mass is 28.4. The largest absolute Gasteiger partial charge is 0.497 e. The summed E-state index contributed by atoms with van der Waals surface area (Å²) in [6, 6.07) is 11.7. The first-order chi connectivity index (χ1) is 20.0. The standard InChI is InChI=1S/C31H45N5O5Si/c1-31(2,3)42(6,7)41-17-14-36(24-18-25(38-4)21-26(19-24)39-5)23-8-9-27-28(20-23)34-29(22-33-27)30(37)32-10-11-35-12-15-40-16-13-35/h8-9,18-22H,10-17H2,1-7H3,(H,32,37). The van der Waals surface area contributed by atoms with Crippen LogP contribution in [0.5, 0.6) is 11.5 Å². The number of nitrogens with zero attached hydrogens (tertiary/aromatic N) is 4. The van der Waals surface area contributed by atoms with Crippen LogP contribution in [0.25, 0.3) is 11.0 Å². The van der Waals surface area contributed by atoms with Crippen molar-refractivity contribution in [3.05, 3.63) is 48.3 Å². The number of anilines is 2. The number of hydrogen-bond donors (Lipinski definition) is 1. The molecule has 0 radical (unpaired) electrons. The van der Waals surface area contributed by atoms with Crippen LogP contribution in [0.3, 0.4) is 0 Å². The minimum atomic E-state index is -1.95. The van der Waals surface area contributed by atoms with E-state index < -0.39 is 8.32 Å². The third-order valence-electron chi connectivity index (χ3n) is 8.12. The first-order valence-corrected chi connectivity index (χ1v) is 17.4. The molecule has 1 saturated heterocycles. The Balaban J connectivity index is 1.58. The van der Waals surface area contributed by atoms with Crippen LogP contribution in [-0.4, -0.2) is 95.9 Å². The van der Waals surface area contributed by atoms with Gasteiger partial charge in [-0.15, -0.1) is 0 Å². The maximum Gasteiger partial charge on any atom is 0.271 e. The van der Waals surface area contributed by atoms with Gasteiger partial charge in [0.2, 0.25) is 0 Å². The highest BCUT2D eigenvalue weighted by Gasteiger charge is 2.37. The first kappa shape index (κ1) is 31.7. The minimum absolute atomic E-state index is 0.106. The summed E-state index contributed by atoms with van der Waals surface area (Å²) in [5.74, 6) is 1.15.